The molecule has 0 fully saturated rings. The Morgan fingerprint density at radius 2 is 2.26 bits per heavy atom. The molecular weight excluding hydrogens is 244 g/mol. The van der Waals surface area contributed by atoms with Crippen LogP contribution in [0.4, 0.5) is 11.8 Å². The van der Waals surface area contributed by atoms with E-state index in [0.29, 0.717) is 11.6 Å². The molecule has 7 nitrogen and oxygen atoms in total. The predicted octanol–water partition coefficient (Wildman–Crippen LogP) is 1.36. The molecule has 0 bridgehead atoms. The van der Waals surface area contributed by atoms with Crippen LogP contribution in [0.5, 0.6) is 0 Å². The van der Waals surface area contributed by atoms with Crippen molar-refractivity contribution in [3.05, 3.63) is 6.20 Å². The molecule has 104 valence electrons. The zero-order chi connectivity index (χ0) is 13.7. The minimum absolute atomic E-state index is 0.208. The van der Waals surface area contributed by atoms with Gasteiger partial charge in [0.05, 0.1) is 11.6 Å². The molecule has 2 aromatic heterocycles. The van der Waals surface area contributed by atoms with Gasteiger partial charge in [-0.25, -0.2) is 0 Å². The van der Waals surface area contributed by atoms with Gasteiger partial charge < -0.3 is 15.7 Å². The van der Waals surface area contributed by atoms with Gasteiger partial charge in [-0.3, -0.25) is 5.10 Å². The zero-order valence-corrected chi connectivity index (χ0v) is 11.3. The number of fused-ring (bicyclic) bond motifs is 1. The molecule has 2 heterocycles. The fourth-order valence-electron chi connectivity index (χ4n) is 1.89. The maximum Gasteiger partial charge on any atom is 0.226 e. The molecule has 0 saturated heterocycles. The Balaban J connectivity index is 2.21. The van der Waals surface area contributed by atoms with Gasteiger partial charge >= 0.3 is 0 Å². The SMILES string of the molecule is CCNc1nc(NC(C)CCCO)c2cn[nH]c2n1. The second-order valence-electron chi connectivity index (χ2n) is 4.47. The van der Waals surface area contributed by atoms with Crippen LogP contribution in [0.2, 0.25) is 0 Å². The Labute approximate surface area is 111 Å². The van der Waals surface area contributed by atoms with Crippen molar-refractivity contribution >= 4 is 22.8 Å². The number of hydrogen-bond donors (Lipinski definition) is 4. The molecule has 1 atom stereocenters. The second-order valence-corrected chi connectivity index (χ2v) is 4.47. The maximum atomic E-state index is 8.86. The van der Waals surface area contributed by atoms with Crippen molar-refractivity contribution in [2.45, 2.75) is 32.7 Å². The molecule has 19 heavy (non-hydrogen) atoms. The molecule has 0 radical (unpaired) electrons. The summed E-state index contributed by atoms with van der Waals surface area (Å²) >= 11 is 0. The summed E-state index contributed by atoms with van der Waals surface area (Å²) in [5.74, 6) is 1.34. The van der Waals surface area contributed by atoms with Crippen LogP contribution in [0.15, 0.2) is 6.20 Å². The van der Waals surface area contributed by atoms with Gasteiger partial charge in [0.1, 0.15) is 5.82 Å². The van der Waals surface area contributed by atoms with Gasteiger partial charge in [-0.15, -0.1) is 0 Å². The van der Waals surface area contributed by atoms with Gasteiger partial charge in [-0.1, -0.05) is 0 Å². The van der Waals surface area contributed by atoms with Gasteiger partial charge in [0, 0.05) is 19.2 Å². The van der Waals surface area contributed by atoms with Crippen LogP contribution in [0, 0.1) is 0 Å². The van der Waals surface area contributed by atoms with Crippen LogP contribution in [-0.4, -0.2) is 44.5 Å². The summed E-state index contributed by atoms with van der Waals surface area (Å²) < 4.78 is 0. The van der Waals surface area contributed by atoms with E-state index in [4.69, 9.17) is 5.11 Å². The fourth-order valence-corrected chi connectivity index (χ4v) is 1.89. The lowest BCUT2D eigenvalue weighted by molar-refractivity contribution is 0.282. The number of anilines is 2. The van der Waals surface area contributed by atoms with Crippen LogP contribution in [0.1, 0.15) is 26.7 Å². The normalized spacial score (nSPS) is 12.6. The lowest BCUT2D eigenvalue weighted by Crippen LogP contribution is -2.17. The number of aliphatic hydroxyl groups excluding tert-OH is 1. The number of nitrogens with one attached hydrogen (secondary N) is 3. The number of nitrogens with zero attached hydrogens (tertiary/aromatic N) is 3. The van der Waals surface area contributed by atoms with Crippen molar-refractivity contribution in [3.63, 3.8) is 0 Å². The summed E-state index contributed by atoms with van der Waals surface area (Å²) in [4.78, 5) is 8.79. The minimum atomic E-state index is 0.208. The number of aromatic amines is 1. The third-order valence-corrected chi connectivity index (χ3v) is 2.82. The smallest absolute Gasteiger partial charge is 0.226 e. The topological polar surface area (TPSA) is 98.8 Å². The predicted molar refractivity (Wildman–Crippen MR) is 75.3 cm³/mol. The fraction of sp³-hybridized carbons (Fsp3) is 0.583. The first-order valence-corrected chi connectivity index (χ1v) is 6.57. The second kappa shape index (κ2) is 6.33. The van der Waals surface area contributed by atoms with Crippen molar-refractivity contribution in [3.8, 4) is 0 Å². The third kappa shape index (κ3) is 3.31. The standard InChI is InChI=1S/C12H20N6O/c1-3-13-12-16-10(15-8(2)5-4-6-19)9-7-14-18-11(9)17-12/h7-8,19H,3-6H2,1-2H3,(H3,13,14,15,16,17,18). The number of hydrogen-bond acceptors (Lipinski definition) is 6. The first-order valence-electron chi connectivity index (χ1n) is 6.57. The van der Waals surface area contributed by atoms with E-state index in [-0.39, 0.29) is 12.6 Å². The van der Waals surface area contributed by atoms with E-state index < -0.39 is 0 Å². The maximum absolute atomic E-state index is 8.86. The summed E-state index contributed by atoms with van der Waals surface area (Å²) in [6.07, 6.45) is 3.37. The average Bonchev–Trinajstić information content (AvgIpc) is 2.85. The lowest BCUT2D eigenvalue weighted by Gasteiger charge is -2.15. The summed E-state index contributed by atoms with van der Waals surface area (Å²) in [6.45, 7) is 5.03. The summed E-state index contributed by atoms with van der Waals surface area (Å²) in [7, 11) is 0. The van der Waals surface area contributed by atoms with Crippen molar-refractivity contribution < 1.29 is 5.11 Å². The van der Waals surface area contributed by atoms with E-state index in [1.54, 1.807) is 6.20 Å². The summed E-state index contributed by atoms with van der Waals surface area (Å²) in [5, 5.41) is 23.0. The van der Waals surface area contributed by atoms with Crippen molar-refractivity contribution in [1.82, 2.24) is 20.2 Å². The Hall–Kier alpha value is -1.89. The molecule has 0 spiro atoms. The Bertz CT molecular complexity index is 526. The average molecular weight is 264 g/mol. The van der Waals surface area contributed by atoms with Crippen LogP contribution in [-0.2, 0) is 0 Å². The number of aliphatic hydroxyl groups is 1. The van der Waals surface area contributed by atoms with Crippen LogP contribution >= 0.6 is 0 Å². The van der Waals surface area contributed by atoms with Gasteiger partial charge in [-0.2, -0.15) is 15.1 Å². The van der Waals surface area contributed by atoms with Crippen LogP contribution in [0.25, 0.3) is 11.0 Å². The molecule has 1 unspecified atom stereocenters. The first kappa shape index (κ1) is 13.5. The highest BCUT2D eigenvalue weighted by molar-refractivity contribution is 5.87. The largest absolute Gasteiger partial charge is 0.396 e. The highest BCUT2D eigenvalue weighted by atomic mass is 16.2. The molecule has 2 rings (SSSR count). The molecule has 4 N–H and O–H groups in total. The first-order chi connectivity index (χ1) is 9.24. The molecule has 0 aromatic carbocycles. The molecule has 0 aliphatic rings. The van der Waals surface area contributed by atoms with E-state index in [1.807, 2.05) is 6.92 Å². The van der Waals surface area contributed by atoms with E-state index in [1.165, 1.54) is 0 Å². The zero-order valence-electron chi connectivity index (χ0n) is 11.3. The molecule has 0 aliphatic heterocycles. The Morgan fingerprint density at radius 1 is 1.42 bits per heavy atom. The molecule has 2 aromatic rings. The van der Waals surface area contributed by atoms with Gasteiger partial charge in [-0.05, 0) is 26.7 Å². The molecular formula is C12H20N6O. The van der Waals surface area contributed by atoms with Crippen LogP contribution < -0.4 is 10.6 Å². The summed E-state index contributed by atoms with van der Waals surface area (Å²) in [6, 6.07) is 0.231. The van der Waals surface area contributed by atoms with Crippen molar-refractivity contribution in [1.29, 1.82) is 0 Å². The quantitative estimate of drug-likeness (QED) is 0.602. The monoisotopic (exact) mass is 264 g/mol. The molecule has 0 amide bonds. The molecule has 0 aliphatic carbocycles. The molecule has 0 saturated carbocycles. The van der Waals surface area contributed by atoms with Crippen LogP contribution in [0.3, 0.4) is 0 Å². The molecule has 7 heteroatoms. The highest BCUT2D eigenvalue weighted by Crippen LogP contribution is 2.21. The van der Waals surface area contributed by atoms with E-state index in [0.717, 1.165) is 30.6 Å². The Morgan fingerprint density at radius 3 is 3.00 bits per heavy atom. The Kier molecular flexibility index (Phi) is 4.51. The van der Waals surface area contributed by atoms with Gasteiger partial charge in [0.2, 0.25) is 5.95 Å². The summed E-state index contributed by atoms with van der Waals surface area (Å²) in [5.41, 5.74) is 0.711. The number of rotatable bonds is 7. The minimum Gasteiger partial charge on any atom is -0.396 e. The van der Waals surface area contributed by atoms with E-state index in [2.05, 4.69) is 37.7 Å². The third-order valence-electron chi connectivity index (χ3n) is 2.82. The van der Waals surface area contributed by atoms with Gasteiger partial charge in [0.25, 0.3) is 0 Å². The van der Waals surface area contributed by atoms with Gasteiger partial charge in [0.15, 0.2) is 5.65 Å². The van der Waals surface area contributed by atoms with Crippen molar-refractivity contribution in [2.24, 2.45) is 0 Å². The highest BCUT2D eigenvalue weighted by Gasteiger charge is 2.11. The van der Waals surface area contributed by atoms with E-state index >= 15 is 0 Å². The number of H-pyrrole nitrogens is 1. The number of aromatic nitrogens is 4. The van der Waals surface area contributed by atoms with Crippen molar-refractivity contribution in [2.75, 3.05) is 23.8 Å². The lowest BCUT2D eigenvalue weighted by atomic mass is 10.2. The van der Waals surface area contributed by atoms with E-state index in [9.17, 15) is 0 Å².